The molecule has 1 amide bonds. The van der Waals surface area contributed by atoms with Crippen molar-refractivity contribution in [1.29, 1.82) is 0 Å². The molecule has 0 saturated carbocycles. The number of fused-ring (bicyclic) bond motifs is 1. The molecule has 2 heterocycles. The molecule has 4 aromatic rings. The number of carbonyl (C=O) groups is 1. The van der Waals surface area contributed by atoms with Gasteiger partial charge in [-0.1, -0.05) is 30.0 Å². The number of aromatic amines is 1. The molecule has 0 unspecified atom stereocenters. The zero-order valence-corrected chi connectivity index (χ0v) is 18.5. The van der Waals surface area contributed by atoms with E-state index < -0.39 is 0 Å². The zero-order chi connectivity index (χ0) is 22.7. The number of thioether (sulfide) groups is 1. The summed E-state index contributed by atoms with van der Waals surface area (Å²) in [6, 6.07) is 12.8. The fourth-order valence-corrected chi connectivity index (χ4v) is 3.84. The molecule has 2 N–H and O–H groups in total. The minimum absolute atomic E-state index is 0.0568. The van der Waals surface area contributed by atoms with Crippen molar-refractivity contribution in [3.8, 4) is 17.2 Å². The molecule has 32 heavy (non-hydrogen) atoms. The van der Waals surface area contributed by atoms with Crippen molar-refractivity contribution in [2.75, 3.05) is 25.3 Å². The molecule has 10 heteroatoms. The molecule has 0 aliphatic carbocycles. The minimum atomic E-state index is -0.308. The van der Waals surface area contributed by atoms with Crippen molar-refractivity contribution in [1.82, 2.24) is 19.7 Å². The lowest BCUT2D eigenvalue weighted by molar-refractivity contribution is -0.113. The molecular formula is C22H21N5O4S. The molecule has 2 aromatic carbocycles. The van der Waals surface area contributed by atoms with Crippen LogP contribution in [-0.2, 0) is 4.79 Å². The molecular weight excluding hydrogens is 430 g/mol. The Hall–Kier alpha value is -3.79. The quantitative estimate of drug-likeness (QED) is 0.328. The first-order valence-electron chi connectivity index (χ1n) is 9.69. The van der Waals surface area contributed by atoms with E-state index in [-0.39, 0.29) is 17.2 Å². The van der Waals surface area contributed by atoms with Gasteiger partial charge in [0.2, 0.25) is 5.91 Å². The lowest BCUT2D eigenvalue weighted by Crippen LogP contribution is -2.16. The Bertz CT molecular complexity index is 1350. The van der Waals surface area contributed by atoms with Gasteiger partial charge in [0, 0.05) is 11.8 Å². The van der Waals surface area contributed by atoms with Crippen molar-refractivity contribution in [2.24, 2.45) is 0 Å². The van der Waals surface area contributed by atoms with E-state index in [1.807, 2.05) is 31.2 Å². The second kappa shape index (κ2) is 9.15. The van der Waals surface area contributed by atoms with Crippen molar-refractivity contribution >= 4 is 34.4 Å². The van der Waals surface area contributed by atoms with E-state index in [9.17, 15) is 9.59 Å². The number of amides is 1. The van der Waals surface area contributed by atoms with Crippen LogP contribution in [-0.4, -0.2) is 45.6 Å². The van der Waals surface area contributed by atoms with Gasteiger partial charge in [0.25, 0.3) is 5.56 Å². The van der Waals surface area contributed by atoms with E-state index in [1.54, 1.807) is 30.0 Å². The molecule has 0 radical (unpaired) electrons. The molecule has 0 spiro atoms. The first-order valence-corrected chi connectivity index (χ1v) is 10.7. The lowest BCUT2D eigenvalue weighted by atomic mass is 10.2. The molecule has 164 valence electrons. The highest BCUT2D eigenvalue weighted by Gasteiger charge is 2.14. The monoisotopic (exact) mass is 451 g/mol. The van der Waals surface area contributed by atoms with Crippen molar-refractivity contribution in [3.05, 3.63) is 64.6 Å². The van der Waals surface area contributed by atoms with Gasteiger partial charge < -0.3 is 19.8 Å². The molecule has 2 aromatic heterocycles. The molecule has 0 bridgehead atoms. The van der Waals surface area contributed by atoms with Gasteiger partial charge in [-0.2, -0.15) is 5.10 Å². The van der Waals surface area contributed by atoms with Gasteiger partial charge in [0.15, 0.2) is 22.3 Å². The summed E-state index contributed by atoms with van der Waals surface area (Å²) >= 11 is 1.13. The fourth-order valence-electron chi connectivity index (χ4n) is 3.19. The van der Waals surface area contributed by atoms with E-state index in [2.05, 4.69) is 20.4 Å². The second-order valence-electron chi connectivity index (χ2n) is 6.86. The Morgan fingerprint density at radius 2 is 1.94 bits per heavy atom. The highest BCUT2D eigenvalue weighted by atomic mass is 32.2. The Balaban J connectivity index is 1.52. The van der Waals surface area contributed by atoms with Crippen LogP contribution >= 0.6 is 11.8 Å². The lowest BCUT2D eigenvalue weighted by Gasteiger charge is -2.10. The predicted molar refractivity (Wildman–Crippen MR) is 123 cm³/mol. The number of carbonyl (C=O) groups excluding carboxylic acids is 1. The summed E-state index contributed by atoms with van der Waals surface area (Å²) in [6.45, 7) is 1.96. The topological polar surface area (TPSA) is 111 Å². The van der Waals surface area contributed by atoms with Crippen molar-refractivity contribution < 1.29 is 14.3 Å². The van der Waals surface area contributed by atoms with Crippen LogP contribution in [0.5, 0.6) is 11.5 Å². The van der Waals surface area contributed by atoms with Crippen molar-refractivity contribution in [3.63, 3.8) is 0 Å². The van der Waals surface area contributed by atoms with E-state index in [1.165, 1.54) is 13.3 Å². The second-order valence-corrected chi connectivity index (χ2v) is 7.82. The third-order valence-electron chi connectivity index (χ3n) is 4.77. The first-order chi connectivity index (χ1) is 15.5. The Morgan fingerprint density at radius 3 is 2.69 bits per heavy atom. The Labute approximate surface area is 187 Å². The number of methoxy groups -OCH3 is 2. The molecule has 0 aliphatic rings. The van der Waals surface area contributed by atoms with Crippen LogP contribution in [0.2, 0.25) is 0 Å². The van der Waals surface area contributed by atoms with Crippen LogP contribution in [0.25, 0.3) is 16.7 Å². The summed E-state index contributed by atoms with van der Waals surface area (Å²) in [7, 11) is 3.07. The summed E-state index contributed by atoms with van der Waals surface area (Å²) in [4.78, 5) is 32.2. The number of ether oxygens (including phenoxy) is 2. The standard InChI is InChI=1S/C22H21N5O4S/c1-13-6-4-5-7-16(13)27-20-15(11-23-27)21(29)26-22(25-20)32-12-19(28)24-14-8-9-17(30-2)18(10-14)31-3/h4-11H,12H2,1-3H3,(H,24,28)(H,25,26,29). The number of rotatable bonds is 7. The zero-order valence-electron chi connectivity index (χ0n) is 17.7. The average Bonchev–Trinajstić information content (AvgIpc) is 3.22. The number of hydrogen-bond acceptors (Lipinski definition) is 7. The van der Waals surface area contributed by atoms with Crippen LogP contribution in [0.1, 0.15) is 5.56 Å². The van der Waals surface area contributed by atoms with Gasteiger partial charge in [-0.15, -0.1) is 0 Å². The van der Waals surface area contributed by atoms with Gasteiger partial charge in [0.1, 0.15) is 5.39 Å². The van der Waals surface area contributed by atoms with Gasteiger partial charge in [-0.05, 0) is 30.7 Å². The molecule has 0 atom stereocenters. The summed E-state index contributed by atoms with van der Waals surface area (Å²) in [5, 5.41) is 7.85. The number of hydrogen-bond donors (Lipinski definition) is 2. The third kappa shape index (κ3) is 4.30. The SMILES string of the molecule is COc1ccc(NC(=O)CSc2nc3c(cnn3-c3ccccc3C)c(=O)[nH]2)cc1OC. The summed E-state index contributed by atoms with van der Waals surface area (Å²) in [5.41, 5.74) is 2.54. The highest BCUT2D eigenvalue weighted by molar-refractivity contribution is 7.99. The fraction of sp³-hybridized carbons (Fsp3) is 0.182. The Morgan fingerprint density at radius 1 is 1.16 bits per heavy atom. The van der Waals surface area contributed by atoms with Crippen LogP contribution in [0.4, 0.5) is 5.69 Å². The van der Waals surface area contributed by atoms with Crippen LogP contribution in [0.15, 0.2) is 58.6 Å². The number of aryl methyl sites for hydroxylation is 1. The smallest absolute Gasteiger partial charge is 0.262 e. The normalized spacial score (nSPS) is 10.8. The van der Waals surface area contributed by atoms with E-state index in [4.69, 9.17) is 9.47 Å². The predicted octanol–water partition coefficient (Wildman–Crippen LogP) is 3.17. The summed E-state index contributed by atoms with van der Waals surface area (Å²) < 4.78 is 12.1. The number of H-pyrrole nitrogens is 1. The molecule has 0 aliphatic heterocycles. The maximum absolute atomic E-state index is 12.5. The van der Waals surface area contributed by atoms with E-state index in [0.717, 1.165) is 23.0 Å². The number of aromatic nitrogens is 4. The van der Waals surface area contributed by atoms with Gasteiger partial charge in [-0.25, -0.2) is 9.67 Å². The molecule has 0 fully saturated rings. The first kappa shape index (κ1) is 21.4. The number of benzene rings is 2. The van der Waals surface area contributed by atoms with Crippen LogP contribution < -0.4 is 20.3 Å². The number of para-hydroxylation sites is 1. The number of anilines is 1. The largest absolute Gasteiger partial charge is 0.493 e. The third-order valence-corrected chi connectivity index (χ3v) is 5.64. The number of nitrogens with one attached hydrogen (secondary N) is 2. The van der Waals surface area contributed by atoms with E-state index in [0.29, 0.717) is 33.4 Å². The van der Waals surface area contributed by atoms with Gasteiger partial charge in [-0.3, -0.25) is 9.59 Å². The molecule has 0 saturated heterocycles. The van der Waals surface area contributed by atoms with Gasteiger partial charge in [0.05, 0.1) is 31.9 Å². The molecule has 4 rings (SSSR count). The summed E-state index contributed by atoms with van der Waals surface area (Å²) in [6.07, 6.45) is 1.49. The maximum atomic E-state index is 12.5. The molecule has 9 nitrogen and oxygen atoms in total. The average molecular weight is 452 g/mol. The highest BCUT2D eigenvalue weighted by Crippen LogP contribution is 2.30. The Kier molecular flexibility index (Phi) is 6.13. The van der Waals surface area contributed by atoms with E-state index >= 15 is 0 Å². The maximum Gasteiger partial charge on any atom is 0.262 e. The van der Waals surface area contributed by atoms with Crippen molar-refractivity contribution in [2.45, 2.75) is 12.1 Å². The van der Waals surface area contributed by atoms with Crippen LogP contribution in [0, 0.1) is 6.92 Å². The minimum Gasteiger partial charge on any atom is -0.493 e. The van der Waals surface area contributed by atoms with Crippen LogP contribution in [0.3, 0.4) is 0 Å². The summed E-state index contributed by atoms with van der Waals surface area (Å²) in [5.74, 6) is 0.887. The van der Waals surface area contributed by atoms with Gasteiger partial charge >= 0.3 is 0 Å². The number of nitrogens with zero attached hydrogens (tertiary/aromatic N) is 3.